The predicted octanol–water partition coefficient (Wildman–Crippen LogP) is 2.85. The molecule has 21 heavy (non-hydrogen) atoms. The number of carbonyl (C=O) groups excluding carboxylic acids is 1. The molecule has 2 aliphatic rings. The maximum atomic E-state index is 12.0. The van der Waals surface area contributed by atoms with Gasteiger partial charge < -0.3 is 16.0 Å². The third-order valence-electron chi connectivity index (χ3n) is 4.29. The third-order valence-corrected chi connectivity index (χ3v) is 4.29. The molecule has 5 heteroatoms. The average molecular weight is 280 g/mol. The quantitative estimate of drug-likeness (QED) is 0.751. The summed E-state index contributed by atoms with van der Waals surface area (Å²) in [4.78, 5) is 16.0. The Kier molecular flexibility index (Phi) is 2.31. The zero-order valence-corrected chi connectivity index (χ0v) is 11.9. The SMILES string of the molecule is CC1(C)C(=O)Nc2cc3c(cc21)NC(c1ccncc1)N3. The van der Waals surface area contributed by atoms with Gasteiger partial charge in [0.2, 0.25) is 5.91 Å². The van der Waals surface area contributed by atoms with Crippen LogP contribution in [-0.2, 0) is 10.2 Å². The summed E-state index contributed by atoms with van der Waals surface area (Å²) in [5.41, 5.74) is 4.61. The molecule has 1 aromatic carbocycles. The van der Waals surface area contributed by atoms with E-state index in [-0.39, 0.29) is 12.1 Å². The lowest BCUT2D eigenvalue weighted by Gasteiger charge is -2.15. The van der Waals surface area contributed by atoms with Crippen molar-refractivity contribution in [3.63, 3.8) is 0 Å². The number of carbonyl (C=O) groups is 1. The highest BCUT2D eigenvalue weighted by molar-refractivity contribution is 6.07. The van der Waals surface area contributed by atoms with E-state index in [1.807, 2.05) is 32.0 Å². The Balaban J connectivity index is 1.72. The molecule has 0 bridgehead atoms. The first-order valence-electron chi connectivity index (χ1n) is 6.99. The van der Waals surface area contributed by atoms with E-state index in [1.54, 1.807) is 12.4 Å². The smallest absolute Gasteiger partial charge is 0.234 e. The number of amides is 1. The Bertz CT molecular complexity index is 739. The van der Waals surface area contributed by atoms with Crippen molar-refractivity contribution in [2.45, 2.75) is 25.4 Å². The van der Waals surface area contributed by atoms with Crippen molar-refractivity contribution >= 4 is 23.0 Å². The Labute approximate surface area is 122 Å². The van der Waals surface area contributed by atoms with Gasteiger partial charge in [0, 0.05) is 18.1 Å². The molecule has 3 heterocycles. The monoisotopic (exact) mass is 280 g/mol. The van der Waals surface area contributed by atoms with Crippen LogP contribution >= 0.6 is 0 Å². The highest BCUT2D eigenvalue weighted by Crippen LogP contribution is 2.45. The summed E-state index contributed by atoms with van der Waals surface area (Å²) in [5.74, 6) is 0.0480. The minimum atomic E-state index is -0.485. The van der Waals surface area contributed by atoms with E-state index in [0.29, 0.717) is 0 Å². The number of pyridine rings is 1. The van der Waals surface area contributed by atoms with Gasteiger partial charge in [-0.1, -0.05) is 0 Å². The van der Waals surface area contributed by atoms with Crippen LogP contribution in [0, 0.1) is 0 Å². The molecule has 0 spiro atoms. The largest absolute Gasteiger partial charge is 0.360 e. The van der Waals surface area contributed by atoms with E-state index in [0.717, 1.165) is 28.2 Å². The molecule has 0 radical (unpaired) electrons. The Morgan fingerprint density at radius 1 is 1.05 bits per heavy atom. The van der Waals surface area contributed by atoms with Crippen molar-refractivity contribution in [3.8, 4) is 0 Å². The predicted molar refractivity (Wildman–Crippen MR) is 82.3 cm³/mol. The van der Waals surface area contributed by atoms with Crippen molar-refractivity contribution in [1.29, 1.82) is 0 Å². The van der Waals surface area contributed by atoms with E-state index >= 15 is 0 Å². The standard InChI is InChI=1S/C16H16N4O/c1-16(2)10-7-12-13(8-11(10)20-15(16)21)19-14(18-12)9-3-5-17-6-4-9/h3-8,14,18-19H,1-2H3,(H,20,21). The summed E-state index contributed by atoms with van der Waals surface area (Å²) in [7, 11) is 0. The molecule has 5 nitrogen and oxygen atoms in total. The van der Waals surface area contributed by atoms with Crippen molar-refractivity contribution in [1.82, 2.24) is 4.98 Å². The van der Waals surface area contributed by atoms with Crippen molar-refractivity contribution in [2.75, 3.05) is 16.0 Å². The molecule has 0 aliphatic carbocycles. The fourth-order valence-electron chi connectivity index (χ4n) is 2.93. The van der Waals surface area contributed by atoms with E-state index in [1.165, 1.54) is 0 Å². The van der Waals surface area contributed by atoms with Crippen LogP contribution in [0.5, 0.6) is 0 Å². The van der Waals surface area contributed by atoms with E-state index in [9.17, 15) is 4.79 Å². The number of hydrogen-bond acceptors (Lipinski definition) is 4. The molecule has 4 rings (SSSR count). The molecule has 2 aromatic rings. The number of nitrogens with zero attached hydrogens (tertiary/aromatic N) is 1. The van der Waals surface area contributed by atoms with Gasteiger partial charge in [-0.25, -0.2) is 0 Å². The molecule has 1 amide bonds. The summed E-state index contributed by atoms with van der Waals surface area (Å²) in [6, 6.07) is 8.04. The molecule has 0 saturated heterocycles. The molecule has 1 atom stereocenters. The second kappa shape index (κ2) is 3.97. The normalized spacial score (nSPS) is 21.0. The third kappa shape index (κ3) is 1.70. The zero-order chi connectivity index (χ0) is 14.6. The molecule has 0 fully saturated rings. The van der Waals surface area contributed by atoms with Crippen molar-refractivity contribution < 1.29 is 4.79 Å². The number of nitrogens with one attached hydrogen (secondary N) is 3. The highest BCUT2D eigenvalue weighted by Gasteiger charge is 2.39. The van der Waals surface area contributed by atoms with Gasteiger partial charge in [0.15, 0.2) is 0 Å². The second-order valence-electron chi connectivity index (χ2n) is 6.02. The number of rotatable bonds is 1. The van der Waals surface area contributed by atoms with Crippen LogP contribution in [-0.4, -0.2) is 10.9 Å². The minimum Gasteiger partial charge on any atom is -0.360 e. The molecular weight excluding hydrogens is 264 g/mol. The molecule has 2 aliphatic heterocycles. The van der Waals surface area contributed by atoms with Gasteiger partial charge in [0.25, 0.3) is 0 Å². The van der Waals surface area contributed by atoms with Gasteiger partial charge >= 0.3 is 0 Å². The first-order valence-corrected chi connectivity index (χ1v) is 6.99. The van der Waals surface area contributed by atoms with Crippen LogP contribution < -0.4 is 16.0 Å². The van der Waals surface area contributed by atoms with Crippen LogP contribution in [0.1, 0.15) is 31.1 Å². The van der Waals surface area contributed by atoms with Crippen LogP contribution in [0.2, 0.25) is 0 Å². The van der Waals surface area contributed by atoms with E-state index in [4.69, 9.17) is 0 Å². The molecule has 0 saturated carbocycles. The number of benzene rings is 1. The van der Waals surface area contributed by atoms with Gasteiger partial charge in [-0.2, -0.15) is 0 Å². The maximum absolute atomic E-state index is 12.0. The van der Waals surface area contributed by atoms with Crippen LogP contribution in [0.15, 0.2) is 36.7 Å². The first-order chi connectivity index (χ1) is 10.1. The summed E-state index contributed by atoms with van der Waals surface area (Å²) in [5, 5.41) is 9.84. The lowest BCUT2D eigenvalue weighted by atomic mass is 9.86. The molecular formula is C16H16N4O. The van der Waals surface area contributed by atoms with Crippen molar-refractivity contribution in [2.24, 2.45) is 0 Å². The fraction of sp³-hybridized carbons (Fsp3) is 0.250. The lowest BCUT2D eigenvalue weighted by molar-refractivity contribution is -0.119. The number of fused-ring (bicyclic) bond motifs is 2. The molecule has 3 N–H and O–H groups in total. The van der Waals surface area contributed by atoms with Gasteiger partial charge in [-0.15, -0.1) is 0 Å². The van der Waals surface area contributed by atoms with Gasteiger partial charge in [0.05, 0.1) is 16.8 Å². The fourth-order valence-corrected chi connectivity index (χ4v) is 2.93. The van der Waals surface area contributed by atoms with Crippen LogP contribution in [0.4, 0.5) is 17.1 Å². The Morgan fingerprint density at radius 2 is 1.71 bits per heavy atom. The molecule has 1 aromatic heterocycles. The number of anilines is 3. The zero-order valence-electron chi connectivity index (χ0n) is 11.9. The maximum Gasteiger partial charge on any atom is 0.234 e. The van der Waals surface area contributed by atoms with Gasteiger partial charge in [-0.3, -0.25) is 9.78 Å². The lowest BCUT2D eigenvalue weighted by Crippen LogP contribution is -2.26. The van der Waals surface area contributed by atoms with Crippen molar-refractivity contribution in [3.05, 3.63) is 47.8 Å². The van der Waals surface area contributed by atoms with E-state index in [2.05, 4.69) is 27.0 Å². The number of aromatic nitrogens is 1. The second-order valence-corrected chi connectivity index (χ2v) is 6.02. The summed E-state index contributed by atoms with van der Waals surface area (Å²) >= 11 is 0. The summed E-state index contributed by atoms with van der Waals surface area (Å²) < 4.78 is 0. The number of hydrogen-bond donors (Lipinski definition) is 3. The highest BCUT2D eigenvalue weighted by atomic mass is 16.2. The Hall–Kier alpha value is -2.56. The Morgan fingerprint density at radius 3 is 2.43 bits per heavy atom. The first kappa shape index (κ1) is 12.2. The minimum absolute atomic E-state index is 0.0318. The molecule has 1 unspecified atom stereocenters. The van der Waals surface area contributed by atoms with Crippen LogP contribution in [0.25, 0.3) is 0 Å². The summed E-state index contributed by atoms with van der Waals surface area (Å²) in [6.07, 6.45) is 3.60. The van der Waals surface area contributed by atoms with Crippen LogP contribution in [0.3, 0.4) is 0 Å². The van der Waals surface area contributed by atoms with Gasteiger partial charge in [0.1, 0.15) is 6.17 Å². The molecule has 106 valence electrons. The van der Waals surface area contributed by atoms with E-state index < -0.39 is 5.41 Å². The topological polar surface area (TPSA) is 66.0 Å². The average Bonchev–Trinajstić information content (AvgIpc) is 2.98. The summed E-state index contributed by atoms with van der Waals surface area (Å²) in [6.45, 7) is 3.90. The van der Waals surface area contributed by atoms with Gasteiger partial charge in [-0.05, 0) is 49.2 Å².